The van der Waals surface area contributed by atoms with Crippen molar-refractivity contribution in [1.82, 2.24) is 10.3 Å². The molecule has 0 radical (unpaired) electrons. The smallest absolute Gasteiger partial charge is 0.360 e. The number of aromatic nitrogens is 1. The quantitative estimate of drug-likeness (QED) is 0.718. The van der Waals surface area contributed by atoms with E-state index in [1.54, 1.807) is 12.3 Å². The highest BCUT2D eigenvalue weighted by atomic mass is 16.3. The van der Waals surface area contributed by atoms with Crippen LogP contribution in [0.2, 0.25) is 0 Å². The van der Waals surface area contributed by atoms with E-state index in [4.69, 9.17) is 5.11 Å². The second kappa shape index (κ2) is 5.20. The minimum absolute atomic E-state index is 0.102. The van der Waals surface area contributed by atoms with E-state index in [0.717, 1.165) is 30.1 Å². The minimum atomic E-state index is 0.102. The Labute approximate surface area is 99.8 Å². The molecule has 6 nitrogen and oxygen atoms in total. The summed E-state index contributed by atoms with van der Waals surface area (Å²) in [5, 5.41) is 12.3. The summed E-state index contributed by atoms with van der Waals surface area (Å²) in [6, 6.07) is 3.69. The lowest BCUT2D eigenvalue weighted by Crippen LogP contribution is -2.52. The molecule has 1 aliphatic heterocycles. The number of nitroso groups, excluding NO2 is 1. The Kier molecular flexibility index (Phi) is 3.65. The minimum Gasteiger partial charge on any atom is -0.395 e. The molecule has 0 aromatic carbocycles. The van der Waals surface area contributed by atoms with E-state index in [0.29, 0.717) is 5.82 Å². The van der Waals surface area contributed by atoms with Crippen LogP contribution < -0.4 is 10.2 Å². The molecular formula is C11H17N4O2+. The van der Waals surface area contributed by atoms with Gasteiger partial charge < -0.3 is 15.3 Å². The third-order valence-corrected chi connectivity index (χ3v) is 2.90. The van der Waals surface area contributed by atoms with Gasteiger partial charge in [-0.3, -0.25) is 0 Å². The molecule has 1 aromatic rings. The third kappa shape index (κ3) is 2.78. The Balaban J connectivity index is 2.08. The molecule has 17 heavy (non-hydrogen) atoms. The fourth-order valence-electron chi connectivity index (χ4n) is 1.93. The molecule has 6 heteroatoms. The Morgan fingerprint density at radius 3 is 3.06 bits per heavy atom. The van der Waals surface area contributed by atoms with Crippen molar-refractivity contribution >= 4 is 11.5 Å². The van der Waals surface area contributed by atoms with E-state index >= 15 is 0 Å². The molecule has 92 valence electrons. The van der Waals surface area contributed by atoms with Crippen molar-refractivity contribution in [3.63, 3.8) is 0 Å². The molecule has 0 bridgehead atoms. The summed E-state index contributed by atoms with van der Waals surface area (Å²) >= 11 is 0. The summed E-state index contributed by atoms with van der Waals surface area (Å²) in [4.78, 5) is 17.3. The summed E-state index contributed by atoms with van der Waals surface area (Å²) in [6.45, 7) is 2.61. The number of piperazine rings is 1. The number of nitrogens with one attached hydrogen (secondary N) is 1. The monoisotopic (exact) mass is 237 g/mol. The fourth-order valence-corrected chi connectivity index (χ4v) is 1.93. The Bertz CT molecular complexity index is 393. The molecule has 0 amide bonds. The lowest BCUT2D eigenvalue weighted by Gasteiger charge is -2.33. The van der Waals surface area contributed by atoms with Crippen molar-refractivity contribution in [2.45, 2.75) is 6.04 Å². The molecule has 1 aliphatic rings. The van der Waals surface area contributed by atoms with Crippen molar-refractivity contribution in [1.29, 1.82) is 0 Å². The number of aliphatic hydroxyl groups is 1. The molecule has 2 N–H and O–H groups in total. The zero-order valence-corrected chi connectivity index (χ0v) is 9.83. The number of hydrogen-bond donors (Lipinski definition) is 2. The van der Waals surface area contributed by atoms with Crippen LogP contribution in [0.1, 0.15) is 0 Å². The number of anilines is 1. The first kappa shape index (κ1) is 11.9. The number of nitrogens with zero attached hydrogens (tertiary/aromatic N) is 3. The highest BCUT2D eigenvalue weighted by Gasteiger charge is 2.20. The van der Waals surface area contributed by atoms with Crippen molar-refractivity contribution < 1.29 is 9.87 Å². The summed E-state index contributed by atoms with van der Waals surface area (Å²) in [5.41, 5.74) is 0.982. The second-order valence-electron chi connectivity index (χ2n) is 4.15. The van der Waals surface area contributed by atoms with Crippen LogP contribution in [0, 0.1) is 4.91 Å². The number of pyridine rings is 1. The van der Waals surface area contributed by atoms with Crippen molar-refractivity contribution in [2.75, 3.05) is 38.2 Å². The molecule has 0 unspecified atom stereocenters. The van der Waals surface area contributed by atoms with Gasteiger partial charge in [-0.25, -0.2) is 0 Å². The standard InChI is InChI=1S/C11H17N4O2/c1-14(17)11-3-2-10(6-13-11)15-5-4-12-9(7-15)8-16/h2-3,6,9,12,16H,4-5,7-8H2,1H3/q+1/t9-/m1/s1. The molecular weight excluding hydrogens is 220 g/mol. The van der Waals surface area contributed by atoms with E-state index in [1.807, 2.05) is 6.07 Å². The predicted octanol–water partition coefficient (Wildman–Crippen LogP) is -0.108. The number of hydrogen-bond acceptors (Lipinski definition) is 5. The largest absolute Gasteiger partial charge is 0.395 e. The Morgan fingerprint density at radius 2 is 2.47 bits per heavy atom. The van der Waals surface area contributed by atoms with Crippen LogP contribution in [0.3, 0.4) is 0 Å². The highest BCUT2D eigenvalue weighted by Crippen LogP contribution is 2.17. The summed E-state index contributed by atoms with van der Waals surface area (Å²) in [5.74, 6) is 0.405. The molecule has 1 fully saturated rings. The van der Waals surface area contributed by atoms with Gasteiger partial charge in [0.15, 0.2) is 6.20 Å². The van der Waals surface area contributed by atoms with Gasteiger partial charge in [0.2, 0.25) is 0 Å². The maximum atomic E-state index is 11.0. The van der Waals surface area contributed by atoms with Gasteiger partial charge in [0.05, 0.1) is 12.3 Å². The van der Waals surface area contributed by atoms with Gasteiger partial charge in [-0.05, 0) is 15.8 Å². The SMILES string of the molecule is C[N+](=O)c1ccc(N2CCN[C@@H](CO)C2)cn1. The zero-order chi connectivity index (χ0) is 12.3. The maximum Gasteiger partial charge on any atom is 0.360 e. The highest BCUT2D eigenvalue weighted by molar-refractivity contribution is 5.47. The van der Waals surface area contributed by atoms with E-state index < -0.39 is 0 Å². The number of rotatable bonds is 3. The van der Waals surface area contributed by atoms with Crippen LogP contribution in [0.15, 0.2) is 18.3 Å². The van der Waals surface area contributed by atoms with Crippen molar-refractivity contribution in [3.8, 4) is 0 Å². The van der Waals surface area contributed by atoms with Gasteiger partial charge in [-0.1, -0.05) is 4.91 Å². The molecule has 0 saturated carbocycles. The topological polar surface area (TPSA) is 68.5 Å². The van der Waals surface area contributed by atoms with Crippen LogP contribution in [0.25, 0.3) is 0 Å². The molecule has 2 rings (SSSR count). The number of aliphatic hydroxyl groups excluding tert-OH is 1. The van der Waals surface area contributed by atoms with E-state index in [2.05, 4.69) is 15.2 Å². The van der Waals surface area contributed by atoms with Gasteiger partial charge in [0.1, 0.15) is 7.05 Å². The first-order valence-electron chi connectivity index (χ1n) is 5.67. The molecule has 1 aromatic heterocycles. The first-order valence-corrected chi connectivity index (χ1v) is 5.67. The van der Waals surface area contributed by atoms with Crippen molar-refractivity contribution in [3.05, 3.63) is 23.2 Å². The van der Waals surface area contributed by atoms with Crippen LogP contribution in [0.5, 0.6) is 0 Å². The molecule has 1 saturated heterocycles. The lowest BCUT2D eigenvalue weighted by atomic mass is 10.2. The molecule has 1 atom stereocenters. The second-order valence-corrected chi connectivity index (χ2v) is 4.15. The molecule has 0 aliphatic carbocycles. The van der Waals surface area contributed by atoms with Crippen molar-refractivity contribution in [2.24, 2.45) is 0 Å². The summed E-state index contributed by atoms with van der Waals surface area (Å²) in [7, 11) is 1.43. The third-order valence-electron chi connectivity index (χ3n) is 2.90. The average Bonchev–Trinajstić information content (AvgIpc) is 2.39. The van der Waals surface area contributed by atoms with Crippen LogP contribution in [-0.2, 0) is 0 Å². The average molecular weight is 237 g/mol. The summed E-state index contributed by atoms with van der Waals surface area (Å²) < 4.78 is 0.734. The Hall–Kier alpha value is -1.53. The fraction of sp³-hybridized carbons (Fsp3) is 0.545. The zero-order valence-electron chi connectivity index (χ0n) is 9.83. The normalized spacial score (nSPS) is 20.4. The van der Waals surface area contributed by atoms with Gasteiger partial charge in [-0.15, -0.1) is 0 Å². The van der Waals surface area contributed by atoms with Gasteiger partial charge in [0, 0.05) is 31.7 Å². The summed E-state index contributed by atoms with van der Waals surface area (Å²) in [6.07, 6.45) is 1.70. The first-order chi connectivity index (χ1) is 8.20. The van der Waals surface area contributed by atoms with Crippen LogP contribution in [-0.4, -0.2) is 54.2 Å². The van der Waals surface area contributed by atoms with Crippen LogP contribution >= 0.6 is 0 Å². The van der Waals surface area contributed by atoms with Gasteiger partial charge in [0.25, 0.3) is 0 Å². The Morgan fingerprint density at radius 1 is 1.65 bits per heavy atom. The van der Waals surface area contributed by atoms with E-state index in [1.165, 1.54) is 7.05 Å². The lowest BCUT2D eigenvalue weighted by molar-refractivity contribution is -0.432. The predicted molar refractivity (Wildman–Crippen MR) is 64.5 cm³/mol. The molecule has 2 heterocycles. The maximum absolute atomic E-state index is 11.0. The van der Waals surface area contributed by atoms with Gasteiger partial charge >= 0.3 is 5.82 Å². The van der Waals surface area contributed by atoms with E-state index in [9.17, 15) is 4.91 Å². The van der Waals surface area contributed by atoms with Gasteiger partial charge in [-0.2, -0.15) is 0 Å². The van der Waals surface area contributed by atoms with E-state index in [-0.39, 0.29) is 12.6 Å². The molecule has 0 spiro atoms. The van der Waals surface area contributed by atoms with Crippen LogP contribution in [0.4, 0.5) is 11.5 Å².